The highest BCUT2D eigenvalue weighted by Crippen LogP contribution is 2.15. The van der Waals surface area contributed by atoms with Crippen LogP contribution in [0.2, 0.25) is 0 Å². The zero-order chi connectivity index (χ0) is 8.15. The Morgan fingerprint density at radius 3 is 1.80 bits per heavy atom. The summed E-state index contributed by atoms with van der Waals surface area (Å²) < 4.78 is 0. The quantitative estimate of drug-likeness (QED) is 0.642. The molecule has 0 bridgehead atoms. The molecule has 0 saturated heterocycles. The van der Waals surface area contributed by atoms with Crippen molar-refractivity contribution < 1.29 is 0 Å². The Morgan fingerprint density at radius 1 is 1.00 bits per heavy atom. The molecule has 0 aromatic rings. The van der Waals surface area contributed by atoms with Crippen LogP contribution in [0.3, 0.4) is 0 Å². The molecule has 0 amide bonds. The van der Waals surface area contributed by atoms with E-state index in [2.05, 4.69) is 27.7 Å². The molecular weight excluding hydrogens is 122 g/mol. The summed E-state index contributed by atoms with van der Waals surface area (Å²) in [4.78, 5) is 0. The Balaban J connectivity index is 3.34. The first kappa shape index (κ1) is 9.96. The normalized spacial score (nSPS) is 17.4. The summed E-state index contributed by atoms with van der Waals surface area (Å²) in [7, 11) is 0. The fourth-order valence-electron chi connectivity index (χ4n) is 1.54. The molecule has 10 heavy (non-hydrogen) atoms. The summed E-state index contributed by atoms with van der Waals surface area (Å²) >= 11 is 0. The Hall–Kier alpha value is -0.0400. The molecule has 0 unspecified atom stereocenters. The van der Waals surface area contributed by atoms with Crippen LogP contribution in [0, 0.1) is 11.8 Å². The van der Waals surface area contributed by atoms with Crippen LogP contribution < -0.4 is 5.73 Å². The van der Waals surface area contributed by atoms with E-state index in [4.69, 9.17) is 5.73 Å². The SMILES string of the molecule is CC(C)C[C@H](C)C[C@@H](C)N. The Kier molecular flexibility index (Phi) is 4.71. The van der Waals surface area contributed by atoms with Crippen LogP contribution in [0.1, 0.15) is 40.5 Å². The minimum atomic E-state index is 0.369. The Labute approximate surface area is 65.0 Å². The third-order valence-corrected chi connectivity index (χ3v) is 1.65. The predicted molar refractivity (Wildman–Crippen MR) is 46.9 cm³/mol. The van der Waals surface area contributed by atoms with Crippen molar-refractivity contribution in [2.24, 2.45) is 17.6 Å². The van der Waals surface area contributed by atoms with Crippen LogP contribution in [-0.4, -0.2) is 6.04 Å². The van der Waals surface area contributed by atoms with Crippen molar-refractivity contribution in [3.05, 3.63) is 0 Å². The van der Waals surface area contributed by atoms with Crippen LogP contribution in [0.5, 0.6) is 0 Å². The van der Waals surface area contributed by atoms with Crippen molar-refractivity contribution in [2.45, 2.75) is 46.6 Å². The van der Waals surface area contributed by atoms with E-state index in [1.807, 2.05) is 0 Å². The van der Waals surface area contributed by atoms with Gasteiger partial charge in [0, 0.05) is 6.04 Å². The summed E-state index contributed by atoms with van der Waals surface area (Å²) in [6.07, 6.45) is 2.47. The van der Waals surface area contributed by atoms with E-state index in [1.165, 1.54) is 6.42 Å². The van der Waals surface area contributed by atoms with Crippen LogP contribution >= 0.6 is 0 Å². The lowest BCUT2D eigenvalue weighted by Gasteiger charge is -2.15. The molecule has 62 valence electrons. The molecule has 1 heteroatoms. The van der Waals surface area contributed by atoms with Crippen molar-refractivity contribution >= 4 is 0 Å². The van der Waals surface area contributed by atoms with E-state index in [-0.39, 0.29) is 0 Å². The molecule has 0 spiro atoms. The first-order valence-corrected chi connectivity index (χ1v) is 4.28. The maximum absolute atomic E-state index is 5.67. The highest BCUT2D eigenvalue weighted by Gasteiger charge is 2.06. The van der Waals surface area contributed by atoms with Gasteiger partial charge in [-0.15, -0.1) is 0 Å². The molecule has 0 heterocycles. The van der Waals surface area contributed by atoms with Crippen LogP contribution in [0.4, 0.5) is 0 Å². The molecule has 0 aromatic heterocycles. The van der Waals surface area contributed by atoms with Gasteiger partial charge in [0.1, 0.15) is 0 Å². The van der Waals surface area contributed by atoms with Gasteiger partial charge in [-0.1, -0.05) is 20.8 Å². The smallest absolute Gasteiger partial charge is 0.00130 e. The third-order valence-electron chi connectivity index (χ3n) is 1.65. The standard InChI is InChI=1S/C9H21N/c1-7(2)5-8(3)6-9(4)10/h7-9H,5-6,10H2,1-4H3/t8-,9+/m0/s1. The number of hydrogen-bond donors (Lipinski definition) is 1. The molecule has 2 N–H and O–H groups in total. The summed E-state index contributed by atoms with van der Waals surface area (Å²) in [6.45, 7) is 8.88. The van der Waals surface area contributed by atoms with Gasteiger partial charge in [0.05, 0.1) is 0 Å². The van der Waals surface area contributed by atoms with Gasteiger partial charge in [0.2, 0.25) is 0 Å². The lowest BCUT2D eigenvalue weighted by atomic mass is 9.94. The second-order valence-corrected chi connectivity index (χ2v) is 3.95. The zero-order valence-corrected chi connectivity index (χ0v) is 7.72. The maximum Gasteiger partial charge on any atom is 0.00130 e. The molecule has 0 aromatic carbocycles. The second-order valence-electron chi connectivity index (χ2n) is 3.95. The average Bonchev–Trinajstić information content (AvgIpc) is 1.58. The molecule has 0 radical (unpaired) electrons. The topological polar surface area (TPSA) is 26.0 Å². The van der Waals surface area contributed by atoms with Gasteiger partial charge in [0.15, 0.2) is 0 Å². The summed E-state index contributed by atoms with van der Waals surface area (Å²) in [6, 6.07) is 0.369. The first-order valence-electron chi connectivity index (χ1n) is 4.28. The first-order chi connectivity index (χ1) is 4.52. The van der Waals surface area contributed by atoms with Crippen LogP contribution in [-0.2, 0) is 0 Å². The van der Waals surface area contributed by atoms with E-state index in [0.717, 1.165) is 18.3 Å². The minimum Gasteiger partial charge on any atom is -0.328 e. The van der Waals surface area contributed by atoms with E-state index in [1.54, 1.807) is 0 Å². The van der Waals surface area contributed by atoms with Gasteiger partial charge in [-0.3, -0.25) is 0 Å². The summed E-state index contributed by atoms with van der Waals surface area (Å²) in [5.74, 6) is 1.61. The van der Waals surface area contributed by atoms with Gasteiger partial charge in [-0.2, -0.15) is 0 Å². The van der Waals surface area contributed by atoms with Gasteiger partial charge < -0.3 is 5.73 Å². The van der Waals surface area contributed by atoms with Gasteiger partial charge >= 0.3 is 0 Å². The molecule has 0 aliphatic carbocycles. The fraction of sp³-hybridized carbons (Fsp3) is 1.00. The average molecular weight is 143 g/mol. The lowest BCUT2D eigenvalue weighted by molar-refractivity contribution is 0.392. The van der Waals surface area contributed by atoms with E-state index in [0.29, 0.717) is 6.04 Å². The largest absolute Gasteiger partial charge is 0.328 e. The highest BCUT2D eigenvalue weighted by atomic mass is 14.6. The Morgan fingerprint density at radius 2 is 1.50 bits per heavy atom. The van der Waals surface area contributed by atoms with Crippen molar-refractivity contribution in [3.8, 4) is 0 Å². The van der Waals surface area contributed by atoms with Crippen molar-refractivity contribution in [2.75, 3.05) is 0 Å². The monoisotopic (exact) mass is 143 g/mol. The van der Waals surface area contributed by atoms with Crippen LogP contribution in [0.15, 0.2) is 0 Å². The molecule has 2 atom stereocenters. The molecule has 0 saturated carbocycles. The van der Waals surface area contributed by atoms with E-state index in [9.17, 15) is 0 Å². The number of rotatable bonds is 4. The molecule has 0 rings (SSSR count). The fourth-order valence-corrected chi connectivity index (χ4v) is 1.54. The predicted octanol–water partition coefficient (Wildman–Crippen LogP) is 2.41. The number of nitrogens with two attached hydrogens (primary N) is 1. The van der Waals surface area contributed by atoms with Crippen molar-refractivity contribution in [1.82, 2.24) is 0 Å². The van der Waals surface area contributed by atoms with Crippen molar-refractivity contribution in [1.29, 1.82) is 0 Å². The molecule has 0 aliphatic rings. The molecule has 0 aliphatic heterocycles. The van der Waals surface area contributed by atoms with Gasteiger partial charge in [-0.25, -0.2) is 0 Å². The van der Waals surface area contributed by atoms with E-state index < -0.39 is 0 Å². The molecule has 0 fully saturated rings. The van der Waals surface area contributed by atoms with Crippen molar-refractivity contribution in [3.63, 3.8) is 0 Å². The molecule has 1 nitrogen and oxygen atoms in total. The summed E-state index contributed by atoms with van der Waals surface area (Å²) in [5.41, 5.74) is 5.67. The molecular formula is C9H21N. The second kappa shape index (κ2) is 4.73. The third kappa shape index (κ3) is 6.09. The zero-order valence-electron chi connectivity index (χ0n) is 7.72. The van der Waals surface area contributed by atoms with E-state index >= 15 is 0 Å². The summed E-state index contributed by atoms with van der Waals surface area (Å²) in [5, 5.41) is 0. The van der Waals surface area contributed by atoms with Gasteiger partial charge in [0.25, 0.3) is 0 Å². The minimum absolute atomic E-state index is 0.369. The highest BCUT2D eigenvalue weighted by molar-refractivity contribution is 4.61. The van der Waals surface area contributed by atoms with Gasteiger partial charge in [-0.05, 0) is 31.6 Å². The number of hydrogen-bond acceptors (Lipinski definition) is 1. The lowest BCUT2D eigenvalue weighted by Crippen LogP contribution is -2.18. The Bertz CT molecular complexity index is 66.8. The van der Waals surface area contributed by atoms with Crippen LogP contribution in [0.25, 0.3) is 0 Å². The maximum atomic E-state index is 5.67.